The third kappa shape index (κ3) is 4.03. The Hall–Kier alpha value is -3.22. The quantitative estimate of drug-likeness (QED) is 0.736. The molecule has 5 nitrogen and oxygen atoms in total. The molecular weight excluding hydrogens is 360 g/mol. The van der Waals surface area contributed by atoms with Gasteiger partial charge in [-0.2, -0.15) is 4.98 Å². The van der Waals surface area contributed by atoms with Crippen molar-refractivity contribution in [1.29, 1.82) is 0 Å². The second-order valence-corrected chi connectivity index (χ2v) is 6.80. The Morgan fingerprint density at radius 3 is 2.46 bits per heavy atom. The standard InChI is InChI=1S/C21H21F2N5/c1-15-3-2-4-17(13-15)27-9-11-28(12-10-27)20-7-8-24-21(26-20)25-19-6-5-16(22)14-18(19)23/h2-8,13-14H,9-12H2,1H3,(H,24,25,26). The van der Waals surface area contributed by atoms with Crippen LogP contribution in [0.15, 0.2) is 54.7 Å². The van der Waals surface area contributed by atoms with Crippen LogP contribution in [0.3, 0.4) is 0 Å². The average molecular weight is 381 g/mol. The van der Waals surface area contributed by atoms with E-state index in [0.29, 0.717) is 0 Å². The van der Waals surface area contributed by atoms with E-state index in [9.17, 15) is 8.78 Å². The minimum absolute atomic E-state index is 0.141. The normalized spacial score (nSPS) is 14.2. The molecular formula is C21H21F2N5. The molecule has 1 N–H and O–H groups in total. The van der Waals surface area contributed by atoms with Gasteiger partial charge in [0, 0.05) is 44.1 Å². The summed E-state index contributed by atoms with van der Waals surface area (Å²) in [6, 6.07) is 13.7. The van der Waals surface area contributed by atoms with Crippen LogP contribution in [0.1, 0.15) is 5.56 Å². The maximum Gasteiger partial charge on any atom is 0.229 e. The predicted molar refractivity (Wildman–Crippen MR) is 107 cm³/mol. The molecule has 28 heavy (non-hydrogen) atoms. The van der Waals surface area contributed by atoms with Gasteiger partial charge in [0.1, 0.15) is 17.5 Å². The number of aromatic nitrogens is 2. The molecule has 0 atom stereocenters. The molecule has 0 radical (unpaired) electrons. The number of anilines is 4. The van der Waals surface area contributed by atoms with Crippen LogP contribution in [0.5, 0.6) is 0 Å². The molecule has 0 saturated carbocycles. The van der Waals surface area contributed by atoms with E-state index in [1.807, 2.05) is 6.07 Å². The van der Waals surface area contributed by atoms with Gasteiger partial charge in [-0.05, 0) is 42.8 Å². The summed E-state index contributed by atoms with van der Waals surface area (Å²) in [5.41, 5.74) is 2.62. The molecule has 2 aromatic carbocycles. The summed E-state index contributed by atoms with van der Waals surface area (Å²) in [4.78, 5) is 13.2. The first kappa shape index (κ1) is 18.2. The van der Waals surface area contributed by atoms with Gasteiger partial charge >= 0.3 is 0 Å². The van der Waals surface area contributed by atoms with Crippen LogP contribution in [0.4, 0.5) is 31.9 Å². The van der Waals surface area contributed by atoms with E-state index < -0.39 is 11.6 Å². The minimum atomic E-state index is -0.680. The van der Waals surface area contributed by atoms with Gasteiger partial charge in [0.2, 0.25) is 5.95 Å². The number of nitrogens with one attached hydrogen (secondary N) is 1. The molecule has 0 bridgehead atoms. The molecule has 0 spiro atoms. The molecule has 4 rings (SSSR count). The molecule has 1 aliphatic heterocycles. The van der Waals surface area contributed by atoms with E-state index in [1.165, 1.54) is 23.4 Å². The number of halogens is 2. The van der Waals surface area contributed by atoms with Crippen molar-refractivity contribution in [2.45, 2.75) is 6.92 Å². The lowest BCUT2D eigenvalue weighted by Crippen LogP contribution is -2.46. The lowest BCUT2D eigenvalue weighted by Gasteiger charge is -2.36. The summed E-state index contributed by atoms with van der Waals surface area (Å²) in [6.45, 7) is 5.54. The SMILES string of the molecule is Cc1cccc(N2CCN(c3ccnc(Nc4ccc(F)cc4F)n3)CC2)c1. The summed E-state index contributed by atoms with van der Waals surface area (Å²) >= 11 is 0. The van der Waals surface area contributed by atoms with Crippen molar-refractivity contribution in [3.63, 3.8) is 0 Å². The molecule has 3 aromatic rings. The highest BCUT2D eigenvalue weighted by atomic mass is 19.1. The van der Waals surface area contributed by atoms with E-state index in [1.54, 1.807) is 6.20 Å². The summed E-state index contributed by atoms with van der Waals surface area (Å²) in [5.74, 6) is -0.238. The molecule has 1 aromatic heterocycles. The Kier molecular flexibility index (Phi) is 5.06. The summed E-state index contributed by atoms with van der Waals surface area (Å²) in [7, 11) is 0. The van der Waals surface area contributed by atoms with Crippen molar-refractivity contribution >= 4 is 23.1 Å². The summed E-state index contributed by atoms with van der Waals surface area (Å²) in [5, 5.41) is 2.82. The van der Waals surface area contributed by atoms with Crippen LogP contribution in [-0.2, 0) is 0 Å². The fourth-order valence-corrected chi connectivity index (χ4v) is 3.32. The van der Waals surface area contributed by atoms with E-state index in [0.717, 1.165) is 38.1 Å². The third-order valence-corrected chi connectivity index (χ3v) is 4.79. The number of nitrogens with zero attached hydrogens (tertiary/aromatic N) is 4. The van der Waals surface area contributed by atoms with Gasteiger partial charge in [0.05, 0.1) is 5.69 Å². The zero-order valence-corrected chi connectivity index (χ0v) is 15.6. The third-order valence-electron chi connectivity index (χ3n) is 4.79. The Bertz CT molecular complexity index is 971. The van der Waals surface area contributed by atoms with Gasteiger partial charge in [0.25, 0.3) is 0 Å². The number of benzene rings is 2. The molecule has 0 amide bonds. The number of hydrogen-bond donors (Lipinski definition) is 1. The number of piperazine rings is 1. The van der Waals surface area contributed by atoms with Gasteiger partial charge < -0.3 is 15.1 Å². The summed E-state index contributed by atoms with van der Waals surface area (Å²) in [6.07, 6.45) is 1.64. The van der Waals surface area contributed by atoms with Gasteiger partial charge in [-0.25, -0.2) is 13.8 Å². The van der Waals surface area contributed by atoms with E-state index in [2.05, 4.69) is 56.3 Å². The second-order valence-electron chi connectivity index (χ2n) is 6.80. The molecule has 0 unspecified atom stereocenters. The molecule has 2 heterocycles. The number of rotatable bonds is 4. The monoisotopic (exact) mass is 381 g/mol. The van der Waals surface area contributed by atoms with Gasteiger partial charge in [0.15, 0.2) is 0 Å². The highest BCUT2D eigenvalue weighted by molar-refractivity contribution is 5.56. The van der Waals surface area contributed by atoms with Crippen molar-refractivity contribution in [3.05, 3.63) is 71.9 Å². The maximum atomic E-state index is 13.8. The van der Waals surface area contributed by atoms with E-state index in [-0.39, 0.29) is 11.6 Å². The number of hydrogen-bond acceptors (Lipinski definition) is 5. The topological polar surface area (TPSA) is 44.3 Å². The molecule has 1 fully saturated rings. The fourth-order valence-electron chi connectivity index (χ4n) is 3.32. The van der Waals surface area contributed by atoms with E-state index in [4.69, 9.17) is 0 Å². The predicted octanol–water partition coefficient (Wildman–Crippen LogP) is 4.13. The molecule has 144 valence electrons. The van der Waals surface area contributed by atoms with Crippen LogP contribution in [0.25, 0.3) is 0 Å². The summed E-state index contributed by atoms with van der Waals surface area (Å²) < 4.78 is 26.9. The highest BCUT2D eigenvalue weighted by Crippen LogP contribution is 2.22. The molecule has 0 aliphatic carbocycles. The first-order valence-electron chi connectivity index (χ1n) is 9.20. The van der Waals surface area contributed by atoms with Crippen LogP contribution >= 0.6 is 0 Å². The highest BCUT2D eigenvalue weighted by Gasteiger charge is 2.19. The van der Waals surface area contributed by atoms with Crippen molar-refractivity contribution < 1.29 is 8.78 Å². The Balaban J connectivity index is 1.44. The second kappa shape index (κ2) is 7.80. The Labute approximate surface area is 162 Å². The molecule has 1 saturated heterocycles. The Morgan fingerprint density at radius 2 is 1.71 bits per heavy atom. The minimum Gasteiger partial charge on any atom is -0.368 e. The first-order chi connectivity index (χ1) is 13.6. The zero-order valence-electron chi connectivity index (χ0n) is 15.6. The maximum absolute atomic E-state index is 13.8. The average Bonchev–Trinajstić information content (AvgIpc) is 2.71. The van der Waals surface area contributed by atoms with E-state index >= 15 is 0 Å². The lowest BCUT2D eigenvalue weighted by molar-refractivity contribution is 0.586. The first-order valence-corrected chi connectivity index (χ1v) is 9.20. The van der Waals surface area contributed by atoms with Crippen molar-refractivity contribution in [2.24, 2.45) is 0 Å². The molecule has 1 aliphatic rings. The van der Waals surface area contributed by atoms with Crippen molar-refractivity contribution in [3.8, 4) is 0 Å². The van der Waals surface area contributed by atoms with Crippen molar-refractivity contribution in [1.82, 2.24) is 9.97 Å². The van der Waals surface area contributed by atoms with Crippen molar-refractivity contribution in [2.75, 3.05) is 41.3 Å². The van der Waals surface area contributed by atoms with Gasteiger partial charge in [-0.1, -0.05) is 12.1 Å². The van der Waals surface area contributed by atoms with Gasteiger partial charge in [-0.3, -0.25) is 0 Å². The fraction of sp³-hybridized carbons (Fsp3) is 0.238. The molecule has 7 heteroatoms. The van der Waals surface area contributed by atoms with Gasteiger partial charge in [-0.15, -0.1) is 0 Å². The number of aryl methyl sites for hydroxylation is 1. The van der Waals surface area contributed by atoms with Crippen LogP contribution in [0.2, 0.25) is 0 Å². The zero-order chi connectivity index (χ0) is 19.5. The largest absolute Gasteiger partial charge is 0.368 e. The van der Waals surface area contributed by atoms with Crippen LogP contribution < -0.4 is 15.1 Å². The lowest BCUT2D eigenvalue weighted by atomic mass is 10.2. The Morgan fingerprint density at radius 1 is 0.929 bits per heavy atom. The van der Waals surface area contributed by atoms with Crippen LogP contribution in [-0.4, -0.2) is 36.1 Å². The van der Waals surface area contributed by atoms with Crippen LogP contribution in [0, 0.1) is 18.6 Å². The smallest absolute Gasteiger partial charge is 0.229 e.